The predicted molar refractivity (Wildman–Crippen MR) is 86.3 cm³/mol. The summed E-state index contributed by atoms with van der Waals surface area (Å²) in [6, 6.07) is 5.94. The maximum absolute atomic E-state index is 5.39. The summed E-state index contributed by atoms with van der Waals surface area (Å²) in [6.45, 7) is 1.98. The fourth-order valence-corrected chi connectivity index (χ4v) is 3.48. The number of halogens is 1. The molecule has 2 aromatic rings. The van der Waals surface area contributed by atoms with Crippen LogP contribution in [0.2, 0.25) is 0 Å². The van der Waals surface area contributed by atoms with E-state index in [0.29, 0.717) is 10.6 Å². The van der Waals surface area contributed by atoms with Crippen LogP contribution in [-0.2, 0) is 0 Å². The molecule has 0 amide bonds. The molecule has 3 rings (SSSR count). The number of hydrogen-bond acceptors (Lipinski definition) is 3. The van der Waals surface area contributed by atoms with E-state index in [9.17, 15) is 0 Å². The Morgan fingerprint density at radius 1 is 1.25 bits per heavy atom. The molecule has 104 valence electrons. The average molecular weight is 350 g/mol. The van der Waals surface area contributed by atoms with Crippen molar-refractivity contribution in [1.29, 1.82) is 0 Å². The van der Waals surface area contributed by atoms with E-state index < -0.39 is 0 Å². The van der Waals surface area contributed by atoms with Gasteiger partial charge in [-0.1, -0.05) is 31.1 Å². The fourth-order valence-electron chi connectivity index (χ4n) is 2.77. The Morgan fingerprint density at radius 2 is 2.00 bits per heavy atom. The first kappa shape index (κ1) is 13.9. The van der Waals surface area contributed by atoms with Crippen LogP contribution in [0.5, 0.6) is 0 Å². The van der Waals surface area contributed by atoms with Gasteiger partial charge < -0.3 is 4.98 Å². The zero-order valence-corrected chi connectivity index (χ0v) is 13.7. The predicted octanol–water partition coefficient (Wildman–Crippen LogP) is 4.93. The van der Waals surface area contributed by atoms with Gasteiger partial charge in [0.25, 0.3) is 0 Å². The van der Waals surface area contributed by atoms with Gasteiger partial charge in [0.1, 0.15) is 10.3 Å². The molecule has 3 nitrogen and oxygen atoms in total. The highest BCUT2D eigenvalue weighted by atomic mass is 79.9. The van der Waals surface area contributed by atoms with Gasteiger partial charge in [0.15, 0.2) is 5.82 Å². The Hall–Kier alpha value is -1.07. The Balaban J connectivity index is 2.11. The molecule has 0 radical (unpaired) electrons. The van der Waals surface area contributed by atoms with Crippen molar-refractivity contribution in [1.82, 2.24) is 15.0 Å². The number of nitrogens with zero attached hydrogens (tertiary/aromatic N) is 2. The van der Waals surface area contributed by atoms with Crippen LogP contribution in [0.15, 0.2) is 22.7 Å². The smallest absolute Gasteiger partial charge is 0.157 e. The van der Waals surface area contributed by atoms with Crippen molar-refractivity contribution in [2.45, 2.75) is 38.5 Å². The average Bonchev–Trinajstić information content (AvgIpc) is 2.95. The lowest BCUT2D eigenvalue weighted by Gasteiger charge is -2.14. The van der Waals surface area contributed by atoms with Crippen LogP contribution in [-0.4, -0.2) is 15.0 Å². The van der Waals surface area contributed by atoms with E-state index in [4.69, 9.17) is 12.2 Å². The summed E-state index contributed by atoms with van der Waals surface area (Å²) >= 11 is 8.98. The van der Waals surface area contributed by atoms with Crippen molar-refractivity contribution in [2.75, 3.05) is 0 Å². The summed E-state index contributed by atoms with van der Waals surface area (Å²) in [5, 5.41) is 0. The molecule has 1 saturated carbocycles. The molecule has 0 bridgehead atoms. The van der Waals surface area contributed by atoms with Crippen LogP contribution >= 0.6 is 28.1 Å². The Bertz CT molecular complexity index is 690. The van der Waals surface area contributed by atoms with E-state index >= 15 is 0 Å². The van der Waals surface area contributed by atoms with Gasteiger partial charge >= 0.3 is 0 Å². The molecule has 1 fully saturated rings. The van der Waals surface area contributed by atoms with E-state index in [1.165, 1.54) is 31.4 Å². The van der Waals surface area contributed by atoms with E-state index in [1.54, 1.807) is 0 Å². The number of rotatable bonds is 2. The Morgan fingerprint density at radius 3 is 2.70 bits per heavy atom. The molecular weight excluding hydrogens is 334 g/mol. The van der Waals surface area contributed by atoms with Gasteiger partial charge in [0.2, 0.25) is 0 Å². The minimum absolute atomic E-state index is 0.553. The zero-order chi connectivity index (χ0) is 14.1. The second-order valence-electron chi connectivity index (χ2n) is 5.26. The van der Waals surface area contributed by atoms with Crippen LogP contribution in [0.3, 0.4) is 0 Å². The molecule has 0 aliphatic heterocycles. The molecule has 1 aliphatic rings. The lowest BCUT2D eigenvalue weighted by atomic mass is 10.0. The summed E-state index contributed by atoms with van der Waals surface area (Å²) in [4.78, 5) is 12.4. The maximum atomic E-state index is 5.39. The molecule has 1 aliphatic carbocycles. The highest BCUT2D eigenvalue weighted by molar-refractivity contribution is 9.10. The van der Waals surface area contributed by atoms with Gasteiger partial charge in [-0.25, -0.2) is 9.97 Å². The minimum Gasteiger partial charge on any atom is -0.341 e. The molecule has 1 N–H and O–H groups in total. The number of aromatic amines is 1. The highest BCUT2D eigenvalue weighted by Crippen LogP contribution is 2.37. The van der Waals surface area contributed by atoms with Crippen molar-refractivity contribution in [3.63, 3.8) is 0 Å². The van der Waals surface area contributed by atoms with E-state index in [2.05, 4.69) is 30.9 Å². The van der Waals surface area contributed by atoms with Crippen LogP contribution in [0.25, 0.3) is 11.5 Å². The molecule has 2 aromatic heterocycles. The number of H-pyrrole nitrogens is 1. The van der Waals surface area contributed by atoms with Gasteiger partial charge in [-0.05, 0) is 47.8 Å². The second-order valence-corrected chi connectivity index (χ2v) is 6.44. The zero-order valence-electron chi connectivity index (χ0n) is 11.3. The van der Waals surface area contributed by atoms with Crippen LogP contribution in [0.1, 0.15) is 43.0 Å². The monoisotopic (exact) mass is 349 g/mol. The standard InChI is InChI=1S/C15H16BrN3S/c1-9-5-4-8-11(17-9)14-18-13(10-6-2-3-7-10)12(16)15(20)19-14/h4-5,8,10H,2-3,6-7H2,1H3,(H,18,19,20). The topological polar surface area (TPSA) is 41.6 Å². The summed E-state index contributed by atoms with van der Waals surface area (Å²) in [6.07, 6.45) is 5.01. The molecule has 0 unspecified atom stereocenters. The van der Waals surface area contributed by atoms with E-state index in [0.717, 1.165) is 21.7 Å². The molecule has 0 aromatic carbocycles. The minimum atomic E-state index is 0.553. The molecule has 0 atom stereocenters. The molecule has 20 heavy (non-hydrogen) atoms. The van der Waals surface area contributed by atoms with Crippen LogP contribution in [0.4, 0.5) is 0 Å². The first-order chi connectivity index (χ1) is 9.65. The fraction of sp³-hybridized carbons (Fsp3) is 0.400. The largest absolute Gasteiger partial charge is 0.341 e. The third kappa shape index (κ3) is 2.69. The Kier molecular flexibility index (Phi) is 3.98. The van der Waals surface area contributed by atoms with Crippen molar-refractivity contribution in [2.24, 2.45) is 0 Å². The van der Waals surface area contributed by atoms with Crippen molar-refractivity contribution < 1.29 is 0 Å². The number of aromatic nitrogens is 3. The number of aryl methyl sites for hydroxylation is 1. The van der Waals surface area contributed by atoms with E-state index in [-0.39, 0.29) is 0 Å². The number of pyridine rings is 1. The van der Waals surface area contributed by atoms with Crippen LogP contribution < -0.4 is 0 Å². The summed E-state index contributed by atoms with van der Waals surface area (Å²) < 4.78 is 1.56. The normalized spacial score (nSPS) is 15.7. The van der Waals surface area contributed by atoms with Crippen molar-refractivity contribution >= 4 is 28.1 Å². The van der Waals surface area contributed by atoms with Crippen LogP contribution in [0, 0.1) is 11.6 Å². The van der Waals surface area contributed by atoms with Gasteiger partial charge in [0, 0.05) is 17.3 Å². The van der Waals surface area contributed by atoms with Crippen molar-refractivity contribution in [3.05, 3.63) is 38.7 Å². The van der Waals surface area contributed by atoms with E-state index in [1.807, 2.05) is 25.1 Å². The number of nitrogens with one attached hydrogen (secondary N) is 1. The quantitative estimate of drug-likeness (QED) is 0.781. The first-order valence-corrected chi connectivity index (χ1v) is 8.09. The number of hydrogen-bond donors (Lipinski definition) is 1. The molecule has 5 heteroatoms. The maximum Gasteiger partial charge on any atom is 0.157 e. The summed E-state index contributed by atoms with van der Waals surface area (Å²) in [5.74, 6) is 1.32. The lowest BCUT2D eigenvalue weighted by molar-refractivity contribution is 0.689. The first-order valence-electron chi connectivity index (χ1n) is 6.89. The highest BCUT2D eigenvalue weighted by Gasteiger charge is 2.22. The van der Waals surface area contributed by atoms with Gasteiger partial charge in [-0.15, -0.1) is 0 Å². The van der Waals surface area contributed by atoms with Crippen molar-refractivity contribution in [3.8, 4) is 11.5 Å². The molecule has 0 spiro atoms. The molecule has 0 saturated heterocycles. The lowest BCUT2D eigenvalue weighted by Crippen LogP contribution is -2.03. The third-order valence-electron chi connectivity index (χ3n) is 3.79. The summed E-state index contributed by atoms with van der Waals surface area (Å²) in [5.41, 5.74) is 3.01. The second kappa shape index (κ2) is 5.74. The van der Waals surface area contributed by atoms with Gasteiger partial charge in [-0.2, -0.15) is 0 Å². The Labute approximate surface area is 132 Å². The SMILES string of the molecule is Cc1cccc(-c2nc(=S)c(Br)c(C3CCCC3)[nH]2)n1. The van der Waals surface area contributed by atoms with Gasteiger partial charge in [0.05, 0.1) is 4.47 Å². The molecular formula is C15H16BrN3S. The molecule has 2 heterocycles. The summed E-state index contributed by atoms with van der Waals surface area (Å²) in [7, 11) is 0. The third-order valence-corrected chi connectivity index (χ3v) is 5.15. The van der Waals surface area contributed by atoms with Gasteiger partial charge in [-0.3, -0.25) is 0 Å².